The van der Waals surface area contributed by atoms with Gasteiger partial charge in [-0.05, 0) is 56.8 Å². The Labute approximate surface area is 284 Å². The van der Waals surface area contributed by atoms with Gasteiger partial charge >= 0.3 is 0 Å². The van der Waals surface area contributed by atoms with Gasteiger partial charge in [-0.3, -0.25) is 0 Å². The first kappa shape index (κ1) is 28.6. The molecule has 1 aliphatic heterocycles. The van der Waals surface area contributed by atoms with Crippen molar-refractivity contribution in [1.82, 2.24) is 10.3 Å². The standard InChI is InChI=1S/C44H30N4O/c1-3-13-30(14-4-1)41-46-42(31-15-5-2-6-16-31)48-43(47-41)32-27-25-29(26-28-32)33-19-11-21-35-34(33)20-12-22-36(35)37-17-7-8-18-38(37)44-45-39-23-9-10-24-40(39)49-44/h1-28,43H,(H,46,47,48). The summed E-state index contributed by atoms with van der Waals surface area (Å²) in [5.41, 5.74) is 10.2. The zero-order chi connectivity index (χ0) is 32.6. The van der Waals surface area contributed by atoms with E-state index >= 15 is 0 Å². The van der Waals surface area contributed by atoms with E-state index < -0.39 is 0 Å². The predicted octanol–water partition coefficient (Wildman–Crippen LogP) is 10.5. The quantitative estimate of drug-likeness (QED) is 0.199. The van der Waals surface area contributed by atoms with Crippen molar-refractivity contribution in [3.8, 4) is 33.7 Å². The minimum absolute atomic E-state index is 0.372. The highest BCUT2D eigenvalue weighted by molar-refractivity contribution is 6.16. The number of rotatable bonds is 6. The lowest BCUT2D eigenvalue weighted by Crippen LogP contribution is -2.35. The first-order valence-corrected chi connectivity index (χ1v) is 16.4. The van der Waals surface area contributed by atoms with Crippen LogP contribution in [0.3, 0.4) is 0 Å². The van der Waals surface area contributed by atoms with E-state index in [1.54, 1.807) is 0 Å². The topological polar surface area (TPSA) is 62.8 Å². The summed E-state index contributed by atoms with van der Waals surface area (Å²) in [6.07, 6.45) is -0.372. The van der Waals surface area contributed by atoms with Gasteiger partial charge in [-0.1, -0.05) is 152 Å². The number of para-hydroxylation sites is 2. The predicted molar refractivity (Wildman–Crippen MR) is 200 cm³/mol. The van der Waals surface area contributed by atoms with Gasteiger partial charge in [0, 0.05) is 16.7 Å². The summed E-state index contributed by atoms with van der Waals surface area (Å²) in [5, 5.41) is 5.82. The van der Waals surface area contributed by atoms with Crippen LogP contribution in [0.4, 0.5) is 0 Å². The minimum atomic E-state index is -0.372. The van der Waals surface area contributed by atoms with E-state index in [0.29, 0.717) is 5.89 Å². The van der Waals surface area contributed by atoms with E-state index in [4.69, 9.17) is 19.4 Å². The number of nitrogens with one attached hydrogen (secondary N) is 1. The molecule has 0 spiro atoms. The van der Waals surface area contributed by atoms with Crippen molar-refractivity contribution in [2.75, 3.05) is 0 Å². The van der Waals surface area contributed by atoms with Crippen molar-refractivity contribution in [2.45, 2.75) is 6.17 Å². The molecule has 5 heteroatoms. The summed E-state index contributed by atoms with van der Waals surface area (Å²) >= 11 is 0. The number of fused-ring (bicyclic) bond motifs is 2. The van der Waals surface area contributed by atoms with Crippen LogP contribution in [-0.4, -0.2) is 16.7 Å². The molecule has 0 fully saturated rings. The van der Waals surface area contributed by atoms with E-state index in [1.165, 1.54) is 10.8 Å². The summed E-state index contributed by atoms with van der Waals surface area (Å²) < 4.78 is 6.21. The number of nitrogens with zero attached hydrogens (tertiary/aromatic N) is 3. The maximum atomic E-state index is 6.21. The summed E-state index contributed by atoms with van der Waals surface area (Å²) in [5.74, 6) is 2.24. The smallest absolute Gasteiger partial charge is 0.227 e. The molecule has 1 N–H and O–H groups in total. The van der Waals surface area contributed by atoms with Gasteiger partial charge in [0.2, 0.25) is 5.89 Å². The third-order valence-corrected chi connectivity index (χ3v) is 9.02. The van der Waals surface area contributed by atoms with Gasteiger partial charge in [-0.2, -0.15) is 0 Å². The Balaban J connectivity index is 1.09. The average molecular weight is 631 g/mol. The van der Waals surface area contributed by atoms with E-state index in [0.717, 1.165) is 67.3 Å². The fourth-order valence-electron chi connectivity index (χ4n) is 6.61. The molecule has 1 aromatic heterocycles. The van der Waals surface area contributed by atoms with Gasteiger partial charge < -0.3 is 9.73 Å². The lowest BCUT2D eigenvalue weighted by atomic mass is 9.91. The average Bonchev–Trinajstić information content (AvgIpc) is 3.63. The molecule has 232 valence electrons. The highest BCUT2D eigenvalue weighted by Gasteiger charge is 2.21. The Morgan fingerprint density at radius 3 is 1.65 bits per heavy atom. The molecule has 0 bridgehead atoms. The summed E-state index contributed by atoms with van der Waals surface area (Å²) in [4.78, 5) is 14.9. The van der Waals surface area contributed by atoms with Gasteiger partial charge in [-0.15, -0.1) is 0 Å². The SMILES string of the molecule is c1ccc(C2=NC(c3ccc(-c4cccc5c(-c6ccccc6-c6nc7ccccc7o6)cccc45)cc3)N=C(c3ccccc3)N2)cc1. The lowest BCUT2D eigenvalue weighted by molar-refractivity contribution is 0.620. The van der Waals surface area contributed by atoms with Gasteiger partial charge in [0.15, 0.2) is 11.7 Å². The molecule has 0 atom stereocenters. The van der Waals surface area contributed by atoms with Gasteiger partial charge in [-0.25, -0.2) is 15.0 Å². The minimum Gasteiger partial charge on any atom is -0.436 e. The molecule has 8 aromatic rings. The summed E-state index contributed by atoms with van der Waals surface area (Å²) in [6.45, 7) is 0. The zero-order valence-electron chi connectivity index (χ0n) is 26.5. The molecule has 0 aliphatic carbocycles. The monoisotopic (exact) mass is 630 g/mol. The number of oxazole rings is 1. The highest BCUT2D eigenvalue weighted by Crippen LogP contribution is 2.39. The Morgan fingerprint density at radius 1 is 0.429 bits per heavy atom. The maximum absolute atomic E-state index is 6.21. The zero-order valence-corrected chi connectivity index (χ0v) is 26.5. The van der Waals surface area contributed by atoms with Crippen molar-refractivity contribution in [1.29, 1.82) is 0 Å². The van der Waals surface area contributed by atoms with Crippen LogP contribution < -0.4 is 5.32 Å². The third kappa shape index (κ3) is 5.37. The van der Waals surface area contributed by atoms with E-state index in [2.05, 4.69) is 108 Å². The molecule has 0 radical (unpaired) electrons. The summed E-state index contributed by atoms with van der Waals surface area (Å²) in [7, 11) is 0. The maximum Gasteiger partial charge on any atom is 0.227 e. The second-order valence-corrected chi connectivity index (χ2v) is 12.0. The molecular formula is C44H30N4O. The van der Waals surface area contributed by atoms with Gasteiger partial charge in [0.25, 0.3) is 0 Å². The molecule has 0 unspecified atom stereocenters. The number of hydrogen-bond donors (Lipinski definition) is 1. The number of hydrogen-bond acceptors (Lipinski definition) is 5. The fraction of sp³-hybridized carbons (Fsp3) is 0.0227. The van der Waals surface area contributed by atoms with Crippen molar-refractivity contribution in [3.63, 3.8) is 0 Å². The van der Waals surface area contributed by atoms with Gasteiger partial charge in [0.1, 0.15) is 17.2 Å². The molecule has 0 amide bonds. The number of benzene rings is 7. The van der Waals surface area contributed by atoms with Crippen LogP contribution in [0.5, 0.6) is 0 Å². The largest absolute Gasteiger partial charge is 0.436 e. The normalized spacial score (nSPS) is 13.2. The summed E-state index contributed by atoms with van der Waals surface area (Å²) in [6, 6.07) is 58.3. The molecule has 5 nitrogen and oxygen atoms in total. The van der Waals surface area contributed by atoms with Crippen LogP contribution in [0.1, 0.15) is 22.9 Å². The molecular weight excluding hydrogens is 601 g/mol. The second kappa shape index (κ2) is 12.2. The highest BCUT2D eigenvalue weighted by atomic mass is 16.3. The Hall–Kier alpha value is -6.59. The molecule has 0 saturated heterocycles. The third-order valence-electron chi connectivity index (χ3n) is 9.02. The molecule has 7 aromatic carbocycles. The molecule has 49 heavy (non-hydrogen) atoms. The van der Waals surface area contributed by atoms with Crippen LogP contribution in [0.15, 0.2) is 184 Å². The molecule has 2 heterocycles. The van der Waals surface area contributed by atoms with Crippen LogP contribution in [0.2, 0.25) is 0 Å². The van der Waals surface area contributed by atoms with Crippen LogP contribution in [-0.2, 0) is 0 Å². The fourth-order valence-corrected chi connectivity index (χ4v) is 6.61. The molecule has 0 saturated carbocycles. The van der Waals surface area contributed by atoms with Crippen molar-refractivity contribution in [3.05, 3.63) is 187 Å². The lowest BCUT2D eigenvalue weighted by Gasteiger charge is -2.22. The number of aromatic nitrogens is 1. The Bertz CT molecular complexity index is 2430. The molecule has 9 rings (SSSR count). The van der Waals surface area contributed by atoms with Crippen LogP contribution in [0.25, 0.3) is 55.6 Å². The first-order chi connectivity index (χ1) is 24.3. The number of aliphatic imine (C=N–C) groups is 2. The number of amidine groups is 2. The van der Waals surface area contributed by atoms with Crippen molar-refractivity contribution >= 4 is 33.5 Å². The second-order valence-electron chi connectivity index (χ2n) is 12.0. The van der Waals surface area contributed by atoms with E-state index in [9.17, 15) is 0 Å². The first-order valence-electron chi connectivity index (χ1n) is 16.4. The van der Waals surface area contributed by atoms with Gasteiger partial charge in [0.05, 0.1) is 0 Å². The van der Waals surface area contributed by atoms with Crippen molar-refractivity contribution in [2.24, 2.45) is 9.98 Å². The van der Waals surface area contributed by atoms with Crippen LogP contribution >= 0.6 is 0 Å². The van der Waals surface area contributed by atoms with Crippen LogP contribution in [0, 0.1) is 0 Å². The Morgan fingerprint density at radius 2 is 0.980 bits per heavy atom. The Kier molecular flexibility index (Phi) is 7.13. The molecule has 1 aliphatic rings. The van der Waals surface area contributed by atoms with E-state index in [1.807, 2.05) is 66.7 Å². The van der Waals surface area contributed by atoms with E-state index in [-0.39, 0.29) is 6.17 Å². The van der Waals surface area contributed by atoms with Crippen molar-refractivity contribution < 1.29 is 4.42 Å².